The summed E-state index contributed by atoms with van der Waals surface area (Å²) in [6.45, 7) is 6.83. The number of phosphoric ester groups is 1. The van der Waals surface area contributed by atoms with Crippen molar-refractivity contribution in [2.45, 2.75) is 251 Å². The maximum absolute atomic E-state index is 13.5. The molecular weight excluding hydrogens is 904 g/mol. The molecule has 0 saturated heterocycles. The van der Waals surface area contributed by atoms with Crippen molar-refractivity contribution in [1.29, 1.82) is 0 Å². The Hall–Kier alpha value is -2.81. The molecule has 0 radical (unpaired) electrons. The molecule has 9 nitrogen and oxygen atoms in total. The van der Waals surface area contributed by atoms with Crippen LogP contribution in [0.1, 0.15) is 239 Å². The van der Waals surface area contributed by atoms with Crippen LogP contribution in [0.5, 0.6) is 0 Å². The fraction of sp³-hybridized carbons (Fsp3) is 0.738. The smallest absolute Gasteiger partial charge is 0.456 e. The first kappa shape index (κ1) is 68.2. The van der Waals surface area contributed by atoms with Crippen LogP contribution < -0.4 is 5.32 Å². The monoisotopic (exact) mass is 1010 g/mol. The molecule has 0 aliphatic rings. The molecule has 3 unspecified atom stereocenters. The van der Waals surface area contributed by atoms with Crippen molar-refractivity contribution in [3.63, 3.8) is 0 Å². The molecule has 0 aromatic rings. The number of nitrogens with one attached hydrogen (secondary N) is 1. The Morgan fingerprint density at radius 1 is 0.507 bits per heavy atom. The molecule has 0 aliphatic carbocycles. The molecule has 0 fully saturated rings. The third kappa shape index (κ3) is 51.9. The van der Waals surface area contributed by atoms with Crippen LogP contribution in [0, 0.1) is 0 Å². The van der Waals surface area contributed by atoms with Crippen molar-refractivity contribution >= 4 is 19.7 Å². The van der Waals surface area contributed by atoms with E-state index in [1.807, 2.05) is 94.1 Å². The van der Waals surface area contributed by atoms with E-state index in [4.69, 9.17) is 13.8 Å². The van der Waals surface area contributed by atoms with Gasteiger partial charge in [-0.2, -0.15) is 0 Å². The fourth-order valence-corrected chi connectivity index (χ4v) is 8.77. The van der Waals surface area contributed by atoms with Crippen molar-refractivity contribution in [2.75, 3.05) is 40.9 Å². The van der Waals surface area contributed by atoms with Crippen LogP contribution in [0.15, 0.2) is 85.1 Å². The Balaban J connectivity index is 5.42. The van der Waals surface area contributed by atoms with Gasteiger partial charge in [0, 0.05) is 12.8 Å². The third-order valence-electron chi connectivity index (χ3n) is 12.5. The molecular formula is C61H110N2O7P+. The van der Waals surface area contributed by atoms with Crippen molar-refractivity contribution in [3.05, 3.63) is 85.1 Å². The molecule has 0 aromatic heterocycles. The zero-order chi connectivity index (χ0) is 52.2. The zero-order valence-corrected chi connectivity index (χ0v) is 47.6. The first-order valence-corrected chi connectivity index (χ1v) is 30.5. The molecule has 10 heteroatoms. The van der Waals surface area contributed by atoms with Gasteiger partial charge >= 0.3 is 13.8 Å². The van der Waals surface area contributed by atoms with Gasteiger partial charge in [-0.1, -0.05) is 260 Å². The van der Waals surface area contributed by atoms with Gasteiger partial charge in [0.15, 0.2) is 0 Å². The summed E-state index contributed by atoms with van der Waals surface area (Å²) in [6, 6.07) is -0.868. The second-order valence-corrected chi connectivity index (χ2v) is 22.0. The van der Waals surface area contributed by atoms with E-state index in [2.05, 4.69) is 38.2 Å². The summed E-state index contributed by atoms with van der Waals surface area (Å²) < 4.78 is 30.6. The number of amides is 1. The van der Waals surface area contributed by atoms with Crippen LogP contribution in [0.25, 0.3) is 0 Å². The molecule has 0 rings (SSSR count). The summed E-state index contributed by atoms with van der Waals surface area (Å²) in [5.41, 5.74) is 0. The van der Waals surface area contributed by atoms with Gasteiger partial charge in [0.2, 0.25) is 5.91 Å². The van der Waals surface area contributed by atoms with Gasteiger partial charge < -0.3 is 19.4 Å². The third-order valence-corrected chi connectivity index (χ3v) is 13.5. The SMILES string of the molecule is CC\C=C/C=C/C=C/C=C\C=C\C=C\CCCCCC(=O)OC(/C=C/CCCCCCCCCCCC)C(COP(=O)(O)OCC[N+](C)(C)C)NC(=O)CCCCCCCCCCCCCCCCCC. The summed E-state index contributed by atoms with van der Waals surface area (Å²) in [5.74, 6) is -0.555. The first-order chi connectivity index (χ1) is 34.4. The van der Waals surface area contributed by atoms with Gasteiger partial charge in [0.05, 0.1) is 33.8 Å². The topological polar surface area (TPSA) is 111 Å². The quantitative estimate of drug-likeness (QED) is 0.0156. The Kier molecular flexibility index (Phi) is 48.7. The lowest BCUT2D eigenvalue weighted by atomic mass is 10.0. The minimum atomic E-state index is -4.46. The van der Waals surface area contributed by atoms with Gasteiger partial charge in [-0.25, -0.2) is 4.57 Å². The minimum Gasteiger partial charge on any atom is -0.456 e. The zero-order valence-electron chi connectivity index (χ0n) is 46.7. The van der Waals surface area contributed by atoms with Crippen LogP contribution >= 0.6 is 7.82 Å². The van der Waals surface area contributed by atoms with E-state index < -0.39 is 20.0 Å². The Bertz CT molecular complexity index is 1490. The molecule has 0 bridgehead atoms. The average Bonchev–Trinajstić information content (AvgIpc) is 3.33. The number of esters is 1. The molecule has 1 amide bonds. The van der Waals surface area contributed by atoms with E-state index in [0.717, 1.165) is 64.2 Å². The lowest BCUT2D eigenvalue weighted by molar-refractivity contribution is -0.870. The summed E-state index contributed by atoms with van der Waals surface area (Å²) >= 11 is 0. The summed E-state index contributed by atoms with van der Waals surface area (Å²) in [7, 11) is 1.46. The van der Waals surface area contributed by atoms with E-state index >= 15 is 0 Å². The van der Waals surface area contributed by atoms with Crippen molar-refractivity contribution in [1.82, 2.24) is 5.32 Å². The van der Waals surface area contributed by atoms with Crippen LogP contribution in [0.2, 0.25) is 0 Å². The second kappa shape index (κ2) is 50.7. The Morgan fingerprint density at radius 2 is 0.901 bits per heavy atom. The highest BCUT2D eigenvalue weighted by Crippen LogP contribution is 2.43. The highest BCUT2D eigenvalue weighted by Gasteiger charge is 2.30. The number of nitrogens with zero attached hydrogens (tertiary/aromatic N) is 1. The predicted octanol–water partition coefficient (Wildman–Crippen LogP) is 17.4. The van der Waals surface area contributed by atoms with E-state index in [0.29, 0.717) is 23.9 Å². The number of ether oxygens (including phenoxy) is 1. The van der Waals surface area contributed by atoms with Gasteiger partial charge in [-0.3, -0.25) is 18.6 Å². The Morgan fingerprint density at radius 3 is 1.37 bits per heavy atom. The molecule has 0 saturated carbocycles. The predicted molar refractivity (Wildman–Crippen MR) is 304 cm³/mol. The molecule has 71 heavy (non-hydrogen) atoms. The molecule has 410 valence electrons. The van der Waals surface area contributed by atoms with Crippen LogP contribution in [0.4, 0.5) is 0 Å². The lowest BCUT2D eigenvalue weighted by Crippen LogP contribution is -2.47. The number of carbonyl (C=O) groups excluding carboxylic acids is 2. The van der Waals surface area contributed by atoms with Crippen molar-refractivity contribution in [2.24, 2.45) is 0 Å². The summed E-state index contributed by atoms with van der Waals surface area (Å²) in [4.78, 5) is 37.6. The lowest BCUT2D eigenvalue weighted by Gasteiger charge is -2.27. The van der Waals surface area contributed by atoms with Crippen molar-refractivity contribution < 1.29 is 37.3 Å². The van der Waals surface area contributed by atoms with Crippen molar-refractivity contribution in [3.8, 4) is 0 Å². The van der Waals surface area contributed by atoms with Gasteiger partial charge in [-0.05, 0) is 51.0 Å². The number of carbonyl (C=O) groups is 2. The number of hydrogen-bond donors (Lipinski definition) is 2. The number of allylic oxidation sites excluding steroid dienone is 13. The van der Waals surface area contributed by atoms with Crippen LogP contribution in [-0.2, 0) is 27.9 Å². The fourth-order valence-electron chi connectivity index (χ4n) is 8.03. The molecule has 2 N–H and O–H groups in total. The number of unbranched alkanes of at least 4 members (excludes halogenated alkanes) is 28. The minimum absolute atomic E-state index is 0.0301. The average molecular weight is 1010 g/mol. The molecule has 3 atom stereocenters. The normalized spacial score (nSPS) is 14.4. The number of likely N-dealkylation sites (N-methyl/N-ethyl adjacent to an activating group) is 1. The van der Waals surface area contributed by atoms with Gasteiger partial charge in [0.1, 0.15) is 19.3 Å². The number of quaternary nitrogens is 1. The highest BCUT2D eigenvalue weighted by atomic mass is 31.2. The van der Waals surface area contributed by atoms with Gasteiger partial charge in [-0.15, -0.1) is 0 Å². The summed E-state index contributed by atoms with van der Waals surface area (Å²) in [6.07, 6.45) is 65.7. The van der Waals surface area contributed by atoms with Crippen LogP contribution in [-0.4, -0.2) is 74.3 Å². The first-order valence-electron chi connectivity index (χ1n) is 29.0. The maximum Gasteiger partial charge on any atom is 0.472 e. The Labute approximate surface area is 437 Å². The molecule has 0 spiro atoms. The van der Waals surface area contributed by atoms with E-state index in [1.165, 1.54) is 135 Å². The standard InChI is InChI=1S/C61H109N2O7P/c1-7-10-13-16-19-22-25-28-30-32-34-36-39-42-45-48-51-54-61(65)70-59(52-49-46-43-40-37-27-24-21-18-15-12-9-3)58(57-69-71(66,67)68-56-55-63(4,5)6)62-60(64)53-50-47-44-41-38-35-33-31-29-26-23-20-17-14-11-8-2/h10,13,16,19,22,25,28,30,32,34,36,39,49,52,58-59H,7-9,11-12,14-15,17-18,20-21,23-24,26-27,29,31,33,35,37-38,40-48,50-51,53-57H2,1-6H3,(H-,62,64,66,67)/p+1/b13-10-,19-16+,25-22+,30-28-,34-32+,39-36+,52-49+. The van der Waals surface area contributed by atoms with Gasteiger partial charge in [0.25, 0.3) is 0 Å². The van der Waals surface area contributed by atoms with E-state index in [-0.39, 0.29) is 31.5 Å². The molecule has 0 aliphatic heterocycles. The molecule has 0 aromatic carbocycles. The summed E-state index contributed by atoms with van der Waals surface area (Å²) in [5, 5.41) is 3.04. The number of phosphoric acid groups is 1. The highest BCUT2D eigenvalue weighted by molar-refractivity contribution is 7.47. The largest absolute Gasteiger partial charge is 0.472 e. The number of rotatable bonds is 51. The number of hydrogen-bond acceptors (Lipinski definition) is 6. The van der Waals surface area contributed by atoms with E-state index in [9.17, 15) is 19.0 Å². The second-order valence-electron chi connectivity index (χ2n) is 20.6. The maximum atomic E-state index is 13.5. The van der Waals surface area contributed by atoms with E-state index in [1.54, 1.807) is 0 Å². The molecule has 0 heterocycles. The van der Waals surface area contributed by atoms with Crippen LogP contribution in [0.3, 0.4) is 0 Å².